The Bertz CT molecular complexity index is 172. The van der Waals surface area contributed by atoms with E-state index in [1.54, 1.807) is 0 Å². The monoisotopic (exact) mass is 197 g/mol. The molecule has 0 aromatic carbocycles. The second-order valence-corrected chi connectivity index (χ2v) is 6.57. The molecule has 2 N–H and O–H groups in total. The molecular weight excluding hydrogens is 170 g/mol. The first kappa shape index (κ1) is 12.0. The molecule has 1 rings (SSSR count). The average molecular weight is 197 g/mol. The Balaban J connectivity index is 2.37. The summed E-state index contributed by atoms with van der Waals surface area (Å²) in [6, 6.07) is 0.421. The van der Waals surface area contributed by atoms with E-state index >= 15 is 0 Å². The van der Waals surface area contributed by atoms with Crippen molar-refractivity contribution in [2.75, 3.05) is 0 Å². The molecule has 0 spiro atoms. The lowest BCUT2D eigenvalue weighted by Crippen LogP contribution is -2.38. The molecule has 0 heterocycles. The second kappa shape index (κ2) is 4.22. The van der Waals surface area contributed by atoms with Crippen LogP contribution in [0.25, 0.3) is 0 Å². The predicted molar refractivity (Wildman–Crippen MR) is 63.2 cm³/mol. The SMILES string of the molecule is CC(C)(C)CCC(N)C1(C)CCCC1. The lowest BCUT2D eigenvalue weighted by atomic mass is 9.76. The van der Waals surface area contributed by atoms with Gasteiger partial charge in [0.2, 0.25) is 0 Å². The summed E-state index contributed by atoms with van der Waals surface area (Å²) in [6.45, 7) is 9.29. The molecule has 0 bridgehead atoms. The number of rotatable bonds is 3. The maximum atomic E-state index is 6.32. The zero-order valence-electron chi connectivity index (χ0n) is 10.4. The molecule has 1 aliphatic rings. The fourth-order valence-corrected chi connectivity index (χ4v) is 2.49. The van der Waals surface area contributed by atoms with Crippen LogP contribution in [0.5, 0.6) is 0 Å². The highest BCUT2D eigenvalue weighted by atomic mass is 14.7. The summed E-state index contributed by atoms with van der Waals surface area (Å²) in [4.78, 5) is 0. The fraction of sp³-hybridized carbons (Fsp3) is 1.00. The summed E-state index contributed by atoms with van der Waals surface area (Å²) in [5.41, 5.74) is 7.21. The predicted octanol–water partition coefficient (Wildman–Crippen LogP) is 3.72. The van der Waals surface area contributed by atoms with E-state index in [-0.39, 0.29) is 0 Å². The van der Waals surface area contributed by atoms with Crippen molar-refractivity contribution in [2.24, 2.45) is 16.6 Å². The van der Waals surface area contributed by atoms with Gasteiger partial charge in [0.25, 0.3) is 0 Å². The highest BCUT2D eigenvalue weighted by Gasteiger charge is 2.34. The molecule has 1 unspecified atom stereocenters. The number of hydrogen-bond acceptors (Lipinski definition) is 1. The molecule has 14 heavy (non-hydrogen) atoms. The van der Waals surface area contributed by atoms with Crippen molar-refractivity contribution in [1.29, 1.82) is 0 Å². The summed E-state index contributed by atoms with van der Waals surface area (Å²) >= 11 is 0. The first-order chi connectivity index (χ1) is 6.33. The van der Waals surface area contributed by atoms with Crippen LogP contribution >= 0.6 is 0 Å². The summed E-state index contributed by atoms with van der Waals surface area (Å²) < 4.78 is 0. The van der Waals surface area contributed by atoms with E-state index in [9.17, 15) is 0 Å². The van der Waals surface area contributed by atoms with Gasteiger partial charge in [-0.3, -0.25) is 0 Å². The van der Waals surface area contributed by atoms with E-state index in [2.05, 4.69) is 27.7 Å². The topological polar surface area (TPSA) is 26.0 Å². The van der Waals surface area contributed by atoms with Gasteiger partial charge < -0.3 is 5.73 Å². The third kappa shape index (κ3) is 3.27. The van der Waals surface area contributed by atoms with E-state index in [1.165, 1.54) is 38.5 Å². The molecule has 1 heteroatoms. The lowest BCUT2D eigenvalue weighted by molar-refractivity contribution is 0.224. The van der Waals surface area contributed by atoms with E-state index in [0.717, 1.165) is 0 Å². The van der Waals surface area contributed by atoms with E-state index in [1.807, 2.05) is 0 Å². The first-order valence-electron chi connectivity index (χ1n) is 6.09. The lowest BCUT2D eigenvalue weighted by Gasteiger charge is -2.33. The van der Waals surface area contributed by atoms with Crippen molar-refractivity contribution >= 4 is 0 Å². The van der Waals surface area contributed by atoms with E-state index in [4.69, 9.17) is 5.73 Å². The van der Waals surface area contributed by atoms with Gasteiger partial charge >= 0.3 is 0 Å². The van der Waals surface area contributed by atoms with Crippen LogP contribution in [0, 0.1) is 10.8 Å². The van der Waals surface area contributed by atoms with Crippen molar-refractivity contribution in [3.63, 3.8) is 0 Å². The van der Waals surface area contributed by atoms with Gasteiger partial charge in [-0.05, 0) is 36.5 Å². The van der Waals surface area contributed by atoms with Gasteiger partial charge in [0.05, 0.1) is 0 Å². The molecule has 0 aliphatic heterocycles. The summed E-state index contributed by atoms with van der Waals surface area (Å²) in [7, 11) is 0. The minimum absolute atomic E-state index is 0.421. The van der Waals surface area contributed by atoms with Crippen LogP contribution in [0.15, 0.2) is 0 Å². The molecule has 1 nitrogen and oxygen atoms in total. The minimum atomic E-state index is 0.421. The maximum absolute atomic E-state index is 6.32. The van der Waals surface area contributed by atoms with Crippen LogP contribution in [-0.2, 0) is 0 Å². The fourth-order valence-electron chi connectivity index (χ4n) is 2.49. The molecular formula is C13H27N. The third-order valence-electron chi connectivity index (χ3n) is 3.85. The van der Waals surface area contributed by atoms with E-state index in [0.29, 0.717) is 16.9 Å². The minimum Gasteiger partial charge on any atom is -0.327 e. The van der Waals surface area contributed by atoms with Crippen LogP contribution in [-0.4, -0.2) is 6.04 Å². The van der Waals surface area contributed by atoms with Gasteiger partial charge in [-0.25, -0.2) is 0 Å². The summed E-state index contributed by atoms with van der Waals surface area (Å²) in [6.07, 6.45) is 7.92. The average Bonchev–Trinajstić information content (AvgIpc) is 2.48. The second-order valence-electron chi connectivity index (χ2n) is 6.57. The largest absolute Gasteiger partial charge is 0.327 e. The van der Waals surface area contributed by atoms with Crippen molar-refractivity contribution in [3.05, 3.63) is 0 Å². The Hall–Kier alpha value is -0.0400. The Morgan fingerprint density at radius 1 is 1.21 bits per heavy atom. The molecule has 1 aliphatic carbocycles. The Labute approximate surface area is 89.5 Å². The smallest absolute Gasteiger partial charge is 0.00931 e. The highest BCUT2D eigenvalue weighted by Crippen LogP contribution is 2.41. The summed E-state index contributed by atoms with van der Waals surface area (Å²) in [5.74, 6) is 0. The van der Waals surface area contributed by atoms with Crippen LogP contribution in [0.4, 0.5) is 0 Å². The summed E-state index contributed by atoms with van der Waals surface area (Å²) in [5, 5.41) is 0. The van der Waals surface area contributed by atoms with E-state index < -0.39 is 0 Å². The Morgan fingerprint density at radius 3 is 2.14 bits per heavy atom. The van der Waals surface area contributed by atoms with Gasteiger partial charge in [-0.1, -0.05) is 40.5 Å². The molecule has 0 amide bonds. The van der Waals surface area contributed by atoms with Gasteiger partial charge in [0.15, 0.2) is 0 Å². The van der Waals surface area contributed by atoms with Crippen molar-refractivity contribution in [2.45, 2.75) is 72.3 Å². The Kier molecular flexibility index (Phi) is 3.63. The number of nitrogens with two attached hydrogens (primary N) is 1. The Morgan fingerprint density at radius 2 is 1.71 bits per heavy atom. The van der Waals surface area contributed by atoms with Crippen molar-refractivity contribution < 1.29 is 0 Å². The van der Waals surface area contributed by atoms with Crippen LogP contribution in [0.1, 0.15) is 66.2 Å². The van der Waals surface area contributed by atoms with Crippen molar-refractivity contribution in [1.82, 2.24) is 0 Å². The molecule has 1 fully saturated rings. The molecule has 0 aromatic heterocycles. The van der Waals surface area contributed by atoms with Crippen molar-refractivity contribution in [3.8, 4) is 0 Å². The van der Waals surface area contributed by atoms with Gasteiger partial charge in [0.1, 0.15) is 0 Å². The molecule has 1 saturated carbocycles. The molecule has 0 aromatic rings. The zero-order chi connectivity index (χ0) is 10.8. The third-order valence-corrected chi connectivity index (χ3v) is 3.85. The van der Waals surface area contributed by atoms with Gasteiger partial charge in [-0.2, -0.15) is 0 Å². The normalized spacial score (nSPS) is 23.8. The van der Waals surface area contributed by atoms with Crippen LogP contribution in [0.2, 0.25) is 0 Å². The quantitative estimate of drug-likeness (QED) is 0.733. The molecule has 1 atom stereocenters. The number of hydrogen-bond donors (Lipinski definition) is 1. The molecule has 84 valence electrons. The van der Waals surface area contributed by atoms with Gasteiger partial charge in [0, 0.05) is 6.04 Å². The van der Waals surface area contributed by atoms with Crippen LogP contribution < -0.4 is 5.73 Å². The highest BCUT2D eigenvalue weighted by molar-refractivity contribution is 4.89. The molecule has 0 radical (unpaired) electrons. The molecule has 0 saturated heterocycles. The van der Waals surface area contributed by atoms with Gasteiger partial charge in [-0.15, -0.1) is 0 Å². The first-order valence-corrected chi connectivity index (χ1v) is 6.09. The maximum Gasteiger partial charge on any atom is 0.00931 e. The van der Waals surface area contributed by atoms with Crippen LogP contribution in [0.3, 0.4) is 0 Å². The zero-order valence-corrected chi connectivity index (χ0v) is 10.4. The standard InChI is InChI=1S/C13H27N/c1-12(2,3)10-7-11(14)13(4)8-5-6-9-13/h11H,5-10,14H2,1-4H3.